The molecule has 0 saturated heterocycles. The molecule has 0 aliphatic heterocycles. The number of hydrogen-bond donors (Lipinski definition) is 0. The molecule has 0 N–H and O–H groups in total. The Morgan fingerprint density at radius 1 is 0.258 bits per heavy atom. The van der Waals surface area contributed by atoms with Crippen molar-refractivity contribution in [3.8, 4) is 33.6 Å². The molecular weight excluding hydrogens is 805 g/mol. The number of fused-ring (bicyclic) bond motifs is 15. The second kappa shape index (κ2) is 14.3. The second-order valence-electron chi connectivity index (χ2n) is 17.2. The summed E-state index contributed by atoms with van der Waals surface area (Å²) >= 11 is 0. The Morgan fingerprint density at radius 3 is 1.09 bits per heavy atom. The predicted molar refractivity (Wildman–Crippen MR) is 276 cm³/mol. The van der Waals surface area contributed by atoms with Crippen LogP contribution in [0.25, 0.3) is 132 Å². The molecule has 0 aliphatic carbocycles. The van der Waals surface area contributed by atoms with Gasteiger partial charge in [-0.25, -0.2) is 0 Å². The fraction of sp³-hybridized carbons (Fsp3) is 0. The van der Waals surface area contributed by atoms with Crippen LogP contribution in [-0.4, -0.2) is 9.13 Å². The molecule has 3 heterocycles. The molecule has 0 aliphatic rings. The summed E-state index contributed by atoms with van der Waals surface area (Å²) in [6, 6.07) is 78.6. The van der Waals surface area contributed by atoms with E-state index in [1.807, 2.05) is 12.1 Å². The van der Waals surface area contributed by atoms with E-state index in [9.17, 15) is 0 Å². The number of hydrogen-bond acceptors (Lipinski definition) is 2. The van der Waals surface area contributed by atoms with Crippen LogP contribution in [0.4, 0.5) is 0 Å². The van der Waals surface area contributed by atoms with E-state index < -0.39 is 0 Å². The summed E-state index contributed by atoms with van der Waals surface area (Å²) in [6.45, 7) is 0. The maximum absolute atomic E-state index is 6.86. The fourth-order valence-corrected chi connectivity index (χ4v) is 10.7. The summed E-state index contributed by atoms with van der Waals surface area (Å²) in [5, 5.41) is 13.6. The Morgan fingerprint density at radius 2 is 0.606 bits per heavy atom. The lowest BCUT2D eigenvalue weighted by atomic mass is 9.86. The van der Waals surface area contributed by atoms with Crippen LogP contribution < -0.4 is 0 Å². The third-order valence-electron chi connectivity index (χ3n) is 13.6. The molecule has 0 spiro atoms. The van der Waals surface area contributed by atoms with Crippen molar-refractivity contribution in [2.45, 2.75) is 0 Å². The van der Waals surface area contributed by atoms with Gasteiger partial charge in [0.1, 0.15) is 22.3 Å². The highest BCUT2D eigenvalue weighted by Gasteiger charge is 2.22. The highest BCUT2D eigenvalue weighted by atomic mass is 16.3. The maximum Gasteiger partial charge on any atom is 0.143 e. The van der Waals surface area contributed by atoms with Crippen molar-refractivity contribution in [2.24, 2.45) is 0 Å². The molecule has 4 heteroatoms. The molecule has 4 nitrogen and oxygen atoms in total. The third-order valence-corrected chi connectivity index (χ3v) is 13.6. The number of furan rings is 2. The Labute approximate surface area is 378 Å². The van der Waals surface area contributed by atoms with Gasteiger partial charge in [-0.15, -0.1) is 0 Å². The molecule has 11 aromatic carbocycles. The van der Waals surface area contributed by atoms with Gasteiger partial charge in [0.15, 0.2) is 0 Å². The lowest BCUT2D eigenvalue weighted by molar-refractivity contribution is 0.669. The van der Waals surface area contributed by atoms with Crippen molar-refractivity contribution in [3.05, 3.63) is 231 Å². The van der Waals surface area contributed by atoms with Gasteiger partial charge in [-0.05, 0) is 103 Å². The summed E-state index contributed by atoms with van der Waals surface area (Å²) in [6.07, 6.45) is 4.38. The average molecular weight is 843 g/mol. The highest BCUT2D eigenvalue weighted by Crippen LogP contribution is 2.48. The molecule has 3 aromatic heterocycles. The van der Waals surface area contributed by atoms with Gasteiger partial charge >= 0.3 is 0 Å². The van der Waals surface area contributed by atoms with Crippen LogP contribution in [0.15, 0.2) is 240 Å². The Kier molecular flexibility index (Phi) is 7.95. The topological polar surface area (TPSA) is 36.1 Å². The average Bonchev–Trinajstić information content (AvgIpc) is 3.97. The number of aromatic nitrogens is 2. The van der Waals surface area contributed by atoms with E-state index in [4.69, 9.17) is 8.83 Å². The number of benzene rings is 10. The summed E-state index contributed by atoms with van der Waals surface area (Å²) in [7, 11) is 0. The van der Waals surface area contributed by atoms with Crippen molar-refractivity contribution in [1.29, 1.82) is 0 Å². The van der Waals surface area contributed by atoms with Gasteiger partial charge < -0.3 is 18.0 Å². The van der Waals surface area contributed by atoms with E-state index in [1.165, 1.54) is 5.39 Å². The molecule has 0 fully saturated rings. The normalized spacial score (nSPS) is 11.9. The molecule has 0 saturated carbocycles. The molecular formula is C62H38N2O2. The molecule has 14 rings (SSSR count). The van der Waals surface area contributed by atoms with E-state index >= 15 is 0 Å². The number of para-hydroxylation sites is 6. The minimum absolute atomic E-state index is 0.873. The van der Waals surface area contributed by atoms with Crippen molar-refractivity contribution >= 4 is 98.0 Å². The van der Waals surface area contributed by atoms with Crippen molar-refractivity contribution < 1.29 is 8.83 Å². The van der Waals surface area contributed by atoms with Crippen LogP contribution in [0.5, 0.6) is 0 Å². The van der Waals surface area contributed by atoms with E-state index in [1.54, 1.807) is 0 Å². The number of nitrogens with zero attached hydrogens (tertiary/aromatic N) is 2. The minimum atomic E-state index is 0.873. The first-order chi connectivity index (χ1) is 32.8. The van der Waals surface area contributed by atoms with Crippen molar-refractivity contribution in [2.75, 3.05) is 0 Å². The molecule has 0 unspecified atom stereocenters. The van der Waals surface area contributed by atoms with Crippen molar-refractivity contribution in [3.63, 3.8) is 0 Å². The van der Waals surface area contributed by atoms with E-state index in [0.29, 0.717) is 0 Å². The fourth-order valence-electron chi connectivity index (χ4n) is 10.7. The quantitative estimate of drug-likeness (QED) is 0.177. The van der Waals surface area contributed by atoms with E-state index in [2.05, 4.69) is 228 Å². The van der Waals surface area contributed by atoms with E-state index in [0.717, 1.165) is 126 Å². The smallest absolute Gasteiger partial charge is 0.143 e. The summed E-state index contributed by atoms with van der Waals surface area (Å²) in [5.74, 6) is 0. The molecule has 0 radical (unpaired) electrons. The van der Waals surface area contributed by atoms with Gasteiger partial charge in [-0.3, -0.25) is 0 Å². The first kappa shape index (κ1) is 36.6. The highest BCUT2D eigenvalue weighted by molar-refractivity contribution is 6.33. The lowest BCUT2D eigenvalue weighted by Gasteiger charge is -2.20. The Bertz CT molecular complexity index is 4340. The van der Waals surface area contributed by atoms with Crippen LogP contribution >= 0.6 is 0 Å². The number of rotatable bonds is 4. The lowest BCUT2D eigenvalue weighted by Crippen LogP contribution is -2.04. The second-order valence-corrected chi connectivity index (χ2v) is 17.2. The molecule has 0 bridgehead atoms. The van der Waals surface area contributed by atoms with Crippen LogP contribution in [0.2, 0.25) is 0 Å². The Hall–Kier alpha value is -8.86. The summed E-state index contributed by atoms with van der Waals surface area (Å²) in [4.78, 5) is 0. The maximum atomic E-state index is 6.86. The predicted octanol–water partition coefficient (Wildman–Crippen LogP) is 17.3. The zero-order valence-corrected chi connectivity index (χ0v) is 35.7. The largest absolute Gasteiger partial charge is 0.455 e. The van der Waals surface area contributed by atoms with Gasteiger partial charge in [-0.2, -0.15) is 0 Å². The Balaban J connectivity index is 1.24. The van der Waals surface area contributed by atoms with Gasteiger partial charge in [0.05, 0.1) is 11.0 Å². The van der Waals surface area contributed by atoms with Crippen LogP contribution in [-0.2, 0) is 0 Å². The minimum Gasteiger partial charge on any atom is -0.455 e. The standard InChI is InChI=1S/C62H38N2O2/c1-3-17-39(18-4-1)63-35-36-64(40-19-5-2-6-20-40)56-38-54-48-28-14-27-47(52-32-16-30-50-44-24-10-12-34-58(44)66-62(50)52)60(48)59-45(41-21-7-8-22-42(41)53(54)37-55(56)63)25-13-26-46(59)51-31-15-29-49-43-23-9-11-33-57(43)65-61(49)51/h1-38H. The van der Waals surface area contributed by atoms with E-state index in [-0.39, 0.29) is 0 Å². The van der Waals surface area contributed by atoms with Crippen LogP contribution in [0.3, 0.4) is 0 Å². The van der Waals surface area contributed by atoms with Gasteiger partial charge in [-0.1, -0.05) is 170 Å². The zero-order chi connectivity index (χ0) is 43.3. The zero-order valence-electron chi connectivity index (χ0n) is 35.7. The molecule has 0 atom stereocenters. The summed E-state index contributed by atoms with van der Waals surface area (Å²) < 4.78 is 18.3. The van der Waals surface area contributed by atoms with Gasteiger partial charge in [0.25, 0.3) is 0 Å². The van der Waals surface area contributed by atoms with Gasteiger partial charge in [0, 0.05) is 56.4 Å². The SMILES string of the molecule is c1ccc(-n2ccn(-c3ccccc3)c3cc4c(cc32)c2ccccc2c2cccc(-c3cccc5c3oc3ccccc35)c2c2c(-c3cccc5c3oc3ccccc35)cccc42)cc1. The van der Waals surface area contributed by atoms with Crippen LogP contribution in [0.1, 0.15) is 0 Å². The molecule has 0 amide bonds. The van der Waals surface area contributed by atoms with Crippen LogP contribution in [0, 0.1) is 0 Å². The molecule has 66 heavy (non-hydrogen) atoms. The third kappa shape index (κ3) is 5.39. The first-order valence-corrected chi connectivity index (χ1v) is 22.5. The van der Waals surface area contributed by atoms with Gasteiger partial charge in [0.2, 0.25) is 0 Å². The molecule has 14 aromatic rings. The van der Waals surface area contributed by atoms with Crippen molar-refractivity contribution in [1.82, 2.24) is 9.13 Å². The first-order valence-electron chi connectivity index (χ1n) is 22.5. The molecule has 308 valence electrons. The summed E-state index contributed by atoms with van der Waals surface area (Å²) in [5.41, 5.74) is 12.1. The monoisotopic (exact) mass is 842 g/mol.